The smallest absolute Gasteiger partial charge is 0.119 e. The summed E-state index contributed by atoms with van der Waals surface area (Å²) in [5.41, 5.74) is 8.63. The van der Waals surface area contributed by atoms with Gasteiger partial charge in [-0.05, 0) is 49.4 Å². The lowest BCUT2D eigenvalue weighted by molar-refractivity contribution is 0.271. The number of hydrogen-bond acceptors (Lipinski definition) is 3. The van der Waals surface area contributed by atoms with Gasteiger partial charge < -0.3 is 15.4 Å². The Morgan fingerprint density at radius 3 is 2.84 bits per heavy atom. The molecule has 1 aromatic rings. The Labute approximate surface area is 116 Å². The van der Waals surface area contributed by atoms with Gasteiger partial charge in [0.1, 0.15) is 5.75 Å². The van der Waals surface area contributed by atoms with Crippen LogP contribution in [0.4, 0.5) is 5.69 Å². The number of ether oxygens (including phenoxy) is 1. The zero-order valence-electron chi connectivity index (χ0n) is 12.4. The SMILES string of the molecule is Cc1cc(OCC(C)C)ccc1N1CCCC(N)C1. The summed E-state index contributed by atoms with van der Waals surface area (Å²) in [5, 5.41) is 0. The summed E-state index contributed by atoms with van der Waals surface area (Å²) in [6.45, 7) is 9.32. The van der Waals surface area contributed by atoms with E-state index in [-0.39, 0.29) is 0 Å². The Balaban J connectivity index is 2.06. The Morgan fingerprint density at radius 2 is 2.21 bits per heavy atom. The number of benzene rings is 1. The van der Waals surface area contributed by atoms with Gasteiger partial charge in [-0.3, -0.25) is 0 Å². The molecule has 0 radical (unpaired) electrons. The van der Waals surface area contributed by atoms with E-state index in [1.54, 1.807) is 0 Å². The second kappa shape index (κ2) is 6.29. The summed E-state index contributed by atoms with van der Waals surface area (Å²) in [5.74, 6) is 1.52. The summed E-state index contributed by atoms with van der Waals surface area (Å²) in [6, 6.07) is 6.69. The fourth-order valence-corrected chi connectivity index (χ4v) is 2.56. The maximum absolute atomic E-state index is 6.06. The van der Waals surface area contributed by atoms with Crippen molar-refractivity contribution in [1.29, 1.82) is 0 Å². The maximum Gasteiger partial charge on any atom is 0.119 e. The van der Waals surface area contributed by atoms with Crippen LogP contribution >= 0.6 is 0 Å². The molecule has 2 rings (SSSR count). The lowest BCUT2D eigenvalue weighted by atomic mass is 10.0. The lowest BCUT2D eigenvalue weighted by Crippen LogP contribution is -2.43. The van der Waals surface area contributed by atoms with Crippen LogP contribution in [0.3, 0.4) is 0 Å². The number of rotatable bonds is 4. The molecule has 1 heterocycles. The van der Waals surface area contributed by atoms with Gasteiger partial charge in [0.2, 0.25) is 0 Å². The molecule has 1 fully saturated rings. The van der Waals surface area contributed by atoms with E-state index < -0.39 is 0 Å². The third kappa shape index (κ3) is 3.87. The van der Waals surface area contributed by atoms with Crippen molar-refractivity contribution in [2.75, 3.05) is 24.6 Å². The quantitative estimate of drug-likeness (QED) is 0.906. The first-order valence-corrected chi connectivity index (χ1v) is 7.30. The van der Waals surface area contributed by atoms with Crippen molar-refractivity contribution in [2.24, 2.45) is 11.7 Å². The van der Waals surface area contributed by atoms with Crippen LogP contribution in [-0.4, -0.2) is 25.7 Å². The van der Waals surface area contributed by atoms with Crippen LogP contribution in [0.5, 0.6) is 5.75 Å². The van der Waals surface area contributed by atoms with Gasteiger partial charge in [0, 0.05) is 24.8 Å². The molecule has 0 bridgehead atoms. The first-order chi connectivity index (χ1) is 9.06. The molecule has 0 aliphatic carbocycles. The van der Waals surface area contributed by atoms with Gasteiger partial charge in [-0.15, -0.1) is 0 Å². The molecule has 1 atom stereocenters. The van der Waals surface area contributed by atoms with E-state index in [2.05, 4.69) is 43.9 Å². The highest BCUT2D eigenvalue weighted by Gasteiger charge is 2.18. The summed E-state index contributed by atoms with van der Waals surface area (Å²) >= 11 is 0. The number of aryl methyl sites for hydroxylation is 1. The number of nitrogens with zero attached hydrogens (tertiary/aromatic N) is 1. The van der Waals surface area contributed by atoms with Gasteiger partial charge in [-0.1, -0.05) is 13.8 Å². The number of piperidine rings is 1. The highest BCUT2D eigenvalue weighted by atomic mass is 16.5. The third-order valence-corrected chi connectivity index (χ3v) is 3.55. The van der Waals surface area contributed by atoms with Gasteiger partial charge in [-0.2, -0.15) is 0 Å². The molecule has 1 aliphatic heterocycles. The number of nitrogens with two attached hydrogens (primary N) is 1. The second-order valence-electron chi connectivity index (χ2n) is 6.00. The van der Waals surface area contributed by atoms with Gasteiger partial charge in [0.15, 0.2) is 0 Å². The summed E-state index contributed by atoms with van der Waals surface area (Å²) in [6.07, 6.45) is 2.33. The molecular weight excluding hydrogens is 236 g/mol. The largest absolute Gasteiger partial charge is 0.493 e. The Morgan fingerprint density at radius 1 is 1.42 bits per heavy atom. The molecule has 0 spiro atoms. The number of anilines is 1. The third-order valence-electron chi connectivity index (χ3n) is 3.55. The van der Waals surface area contributed by atoms with Crippen molar-refractivity contribution in [3.63, 3.8) is 0 Å². The highest BCUT2D eigenvalue weighted by molar-refractivity contribution is 5.56. The van der Waals surface area contributed by atoms with E-state index in [0.717, 1.165) is 31.9 Å². The van der Waals surface area contributed by atoms with Crippen LogP contribution in [-0.2, 0) is 0 Å². The highest BCUT2D eigenvalue weighted by Crippen LogP contribution is 2.27. The topological polar surface area (TPSA) is 38.5 Å². The lowest BCUT2D eigenvalue weighted by Gasteiger charge is -2.33. The van der Waals surface area contributed by atoms with Gasteiger partial charge in [0.05, 0.1) is 6.61 Å². The molecule has 0 amide bonds. The first kappa shape index (κ1) is 14.2. The molecule has 106 valence electrons. The van der Waals surface area contributed by atoms with Crippen molar-refractivity contribution in [2.45, 2.75) is 39.7 Å². The fourth-order valence-electron chi connectivity index (χ4n) is 2.56. The summed E-state index contributed by atoms with van der Waals surface area (Å²) in [7, 11) is 0. The van der Waals surface area contributed by atoms with Crippen LogP contribution in [0, 0.1) is 12.8 Å². The van der Waals surface area contributed by atoms with Crippen molar-refractivity contribution in [3.05, 3.63) is 23.8 Å². The van der Waals surface area contributed by atoms with Crippen LogP contribution in [0.1, 0.15) is 32.3 Å². The minimum Gasteiger partial charge on any atom is -0.493 e. The van der Waals surface area contributed by atoms with E-state index >= 15 is 0 Å². The van der Waals surface area contributed by atoms with Crippen molar-refractivity contribution in [1.82, 2.24) is 0 Å². The zero-order valence-corrected chi connectivity index (χ0v) is 12.4. The minimum absolute atomic E-state index is 0.310. The molecule has 0 saturated carbocycles. The van der Waals surface area contributed by atoms with Gasteiger partial charge in [-0.25, -0.2) is 0 Å². The van der Waals surface area contributed by atoms with E-state index in [4.69, 9.17) is 10.5 Å². The standard InChI is InChI=1S/C16H26N2O/c1-12(2)11-19-15-6-7-16(13(3)9-15)18-8-4-5-14(17)10-18/h6-7,9,12,14H,4-5,8,10-11,17H2,1-3H3. The zero-order chi connectivity index (χ0) is 13.8. The van der Waals surface area contributed by atoms with Gasteiger partial charge in [0.25, 0.3) is 0 Å². The Bertz CT molecular complexity index is 417. The molecule has 2 N–H and O–H groups in total. The molecule has 19 heavy (non-hydrogen) atoms. The van der Waals surface area contributed by atoms with Crippen LogP contribution in [0.25, 0.3) is 0 Å². The van der Waals surface area contributed by atoms with Crippen molar-refractivity contribution >= 4 is 5.69 Å². The second-order valence-corrected chi connectivity index (χ2v) is 6.00. The van der Waals surface area contributed by atoms with Crippen molar-refractivity contribution < 1.29 is 4.74 Å². The van der Waals surface area contributed by atoms with Crippen LogP contribution < -0.4 is 15.4 Å². The average molecular weight is 262 g/mol. The Kier molecular flexibility index (Phi) is 4.70. The predicted octanol–water partition coefficient (Wildman–Crippen LogP) is 2.96. The van der Waals surface area contributed by atoms with E-state index in [1.165, 1.54) is 17.7 Å². The molecular formula is C16H26N2O. The molecule has 1 aliphatic rings. The normalized spacial score (nSPS) is 19.8. The number of hydrogen-bond donors (Lipinski definition) is 1. The van der Waals surface area contributed by atoms with E-state index in [1.807, 2.05) is 0 Å². The summed E-state index contributed by atoms with van der Waals surface area (Å²) in [4.78, 5) is 2.40. The van der Waals surface area contributed by atoms with Crippen LogP contribution in [0.15, 0.2) is 18.2 Å². The van der Waals surface area contributed by atoms with Crippen molar-refractivity contribution in [3.8, 4) is 5.75 Å². The van der Waals surface area contributed by atoms with E-state index in [9.17, 15) is 0 Å². The fraction of sp³-hybridized carbons (Fsp3) is 0.625. The molecule has 1 unspecified atom stereocenters. The predicted molar refractivity (Wildman–Crippen MR) is 80.9 cm³/mol. The Hall–Kier alpha value is -1.22. The molecule has 1 saturated heterocycles. The molecule has 3 nitrogen and oxygen atoms in total. The molecule has 3 heteroatoms. The summed E-state index contributed by atoms with van der Waals surface area (Å²) < 4.78 is 5.77. The maximum atomic E-state index is 6.06. The van der Waals surface area contributed by atoms with Gasteiger partial charge >= 0.3 is 0 Å². The van der Waals surface area contributed by atoms with E-state index in [0.29, 0.717) is 12.0 Å². The first-order valence-electron chi connectivity index (χ1n) is 7.30. The molecule has 0 aromatic heterocycles. The average Bonchev–Trinajstić information content (AvgIpc) is 2.36. The minimum atomic E-state index is 0.310. The van der Waals surface area contributed by atoms with Crippen LogP contribution in [0.2, 0.25) is 0 Å². The monoisotopic (exact) mass is 262 g/mol. The molecule has 1 aromatic carbocycles.